The third-order valence-electron chi connectivity index (χ3n) is 3.17. The lowest BCUT2D eigenvalue weighted by Gasteiger charge is -2.13. The number of aliphatic hydroxyl groups excluding tert-OH is 1. The van der Waals surface area contributed by atoms with Gasteiger partial charge in [0.05, 0.1) is 6.10 Å². The van der Waals surface area contributed by atoms with Crippen molar-refractivity contribution in [2.75, 3.05) is 13.2 Å². The van der Waals surface area contributed by atoms with Gasteiger partial charge in [-0.05, 0) is 36.2 Å². The largest absolute Gasteiger partial charge is 0.484 e. The second-order valence-electron chi connectivity index (χ2n) is 4.93. The van der Waals surface area contributed by atoms with Crippen LogP contribution in [0.4, 0.5) is 0 Å². The molecule has 0 saturated carbocycles. The number of aliphatic hydroxyl groups is 1. The van der Waals surface area contributed by atoms with Gasteiger partial charge >= 0.3 is 0 Å². The van der Waals surface area contributed by atoms with Crippen LogP contribution in [0.5, 0.6) is 5.75 Å². The van der Waals surface area contributed by atoms with Crippen LogP contribution in [-0.4, -0.2) is 24.2 Å². The molecular formula is C17H18ClNO3. The molecule has 0 radical (unpaired) electrons. The zero-order valence-corrected chi connectivity index (χ0v) is 13.0. The summed E-state index contributed by atoms with van der Waals surface area (Å²) >= 11 is 5.86. The van der Waals surface area contributed by atoms with Crippen LogP contribution in [-0.2, 0) is 4.79 Å². The Balaban J connectivity index is 1.78. The Labute approximate surface area is 134 Å². The lowest BCUT2D eigenvalue weighted by Crippen LogP contribution is -2.32. The van der Waals surface area contributed by atoms with Crippen molar-refractivity contribution >= 4 is 17.5 Å². The predicted octanol–water partition coefficient (Wildman–Crippen LogP) is 2.88. The topological polar surface area (TPSA) is 58.6 Å². The number of hydrogen-bond donors (Lipinski definition) is 2. The lowest BCUT2D eigenvalue weighted by molar-refractivity contribution is -0.123. The highest BCUT2D eigenvalue weighted by atomic mass is 35.5. The monoisotopic (exact) mass is 319 g/mol. The average molecular weight is 320 g/mol. The summed E-state index contributed by atoms with van der Waals surface area (Å²) in [5.41, 5.74) is 1.63. The Morgan fingerprint density at radius 2 is 2.00 bits per heavy atom. The first-order chi connectivity index (χ1) is 10.6. The number of halogens is 1. The van der Waals surface area contributed by atoms with Gasteiger partial charge in [0.1, 0.15) is 5.75 Å². The molecule has 0 aliphatic heterocycles. The number of amides is 1. The summed E-state index contributed by atoms with van der Waals surface area (Å²) in [6.07, 6.45) is -0.734. The van der Waals surface area contributed by atoms with Crippen molar-refractivity contribution in [2.24, 2.45) is 0 Å². The summed E-state index contributed by atoms with van der Waals surface area (Å²) in [6, 6.07) is 14.4. The van der Waals surface area contributed by atoms with E-state index in [0.29, 0.717) is 10.8 Å². The minimum absolute atomic E-state index is 0.107. The first-order valence-corrected chi connectivity index (χ1v) is 7.32. The van der Waals surface area contributed by atoms with Crippen LogP contribution in [0.15, 0.2) is 48.5 Å². The number of carbonyl (C=O) groups excluding carboxylic acids is 1. The summed E-state index contributed by atoms with van der Waals surface area (Å²) in [7, 11) is 0. The highest BCUT2D eigenvalue weighted by Gasteiger charge is 2.10. The number of rotatable bonds is 6. The first kappa shape index (κ1) is 16.3. The van der Waals surface area contributed by atoms with E-state index < -0.39 is 6.10 Å². The van der Waals surface area contributed by atoms with Crippen LogP contribution in [0.3, 0.4) is 0 Å². The van der Waals surface area contributed by atoms with E-state index in [1.807, 2.05) is 37.3 Å². The summed E-state index contributed by atoms with van der Waals surface area (Å²) in [4.78, 5) is 11.8. The fraction of sp³-hybridized carbons (Fsp3) is 0.235. The lowest BCUT2D eigenvalue weighted by atomic mass is 10.1. The van der Waals surface area contributed by atoms with Crippen LogP contribution in [0.2, 0.25) is 5.02 Å². The number of ether oxygens (including phenoxy) is 1. The molecule has 0 aliphatic rings. The summed E-state index contributed by atoms with van der Waals surface area (Å²) in [5.74, 6) is 0.326. The van der Waals surface area contributed by atoms with Crippen LogP contribution in [0.1, 0.15) is 17.2 Å². The number of benzene rings is 2. The third kappa shape index (κ3) is 4.76. The highest BCUT2D eigenvalue weighted by molar-refractivity contribution is 6.30. The van der Waals surface area contributed by atoms with E-state index >= 15 is 0 Å². The van der Waals surface area contributed by atoms with Crippen LogP contribution in [0.25, 0.3) is 0 Å². The maximum atomic E-state index is 11.8. The SMILES string of the molecule is Cc1cc(Cl)ccc1OCC(=O)NC[C@H](O)c1ccccc1. The van der Waals surface area contributed by atoms with E-state index in [0.717, 1.165) is 11.1 Å². The molecule has 2 rings (SSSR count). The smallest absolute Gasteiger partial charge is 0.258 e. The minimum atomic E-state index is -0.734. The molecular weight excluding hydrogens is 302 g/mol. The Bertz CT molecular complexity index is 631. The van der Waals surface area contributed by atoms with Crippen LogP contribution in [0, 0.1) is 6.92 Å². The summed E-state index contributed by atoms with van der Waals surface area (Å²) in [5, 5.41) is 13.2. The molecule has 0 unspecified atom stereocenters. The van der Waals surface area contributed by atoms with E-state index in [1.165, 1.54) is 0 Å². The zero-order valence-electron chi connectivity index (χ0n) is 12.3. The number of nitrogens with one attached hydrogen (secondary N) is 1. The van der Waals surface area contributed by atoms with E-state index in [-0.39, 0.29) is 19.1 Å². The molecule has 0 saturated heterocycles. The Morgan fingerprint density at radius 3 is 2.68 bits per heavy atom. The summed E-state index contributed by atoms with van der Waals surface area (Å²) in [6.45, 7) is 1.90. The van der Waals surface area contributed by atoms with Crippen molar-refractivity contribution in [1.82, 2.24) is 5.32 Å². The van der Waals surface area contributed by atoms with Gasteiger partial charge in [0.15, 0.2) is 6.61 Å². The van der Waals surface area contributed by atoms with Crippen molar-refractivity contribution < 1.29 is 14.6 Å². The minimum Gasteiger partial charge on any atom is -0.484 e. The molecule has 22 heavy (non-hydrogen) atoms. The van der Waals surface area contributed by atoms with Crippen molar-refractivity contribution in [3.8, 4) is 5.75 Å². The Kier molecular flexibility index (Phi) is 5.81. The van der Waals surface area contributed by atoms with Gasteiger partial charge in [-0.1, -0.05) is 41.9 Å². The van der Waals surface area contributed by atoms with E-state index in [9.17, 15) is 9.90 Å². The standard InChI is InChI=1S/C17H18ClNO3/c1-12-9-14(18)7-8-16(12)22-11-17(21)19-10-15(20)13-5-3-2-4-6-13/h2-9,15,20H,10-11H2,1H3,(H,19,21)/t15-/m0/s1. The van der Waals surface area contributed by atoms with Gasteiger partial charge in [-0.25, -0.2) is 0 Å². The molecule has 5 heteroatoms. The molecule has 0 aromatic heterocycles. The number of aryl methyl sites for hydroxylation is 1. The normalized spacial score (nSPS) is 11.8. The number of hydrogen-bond acceptors (Lipinski definition) is 3. The fourth-order valence-electron chi connectivity index (χ4n) is 1.97. The molecule has 1 atom stereocenters. The molecule has 116 valence electrons. The van der Waals surface area contributed by atoms with Gasteiger partial charge < -0.3 is 15.2 Å². The predicted molar refractivity (Wildman–Crippen MR) is 86.1 cm³/mol. The maximum Gasteiger partial charge on any atom is 0.258 e. The van der Waals surface area contributed by atoms with Gasteiger partial charge in [0.2, 0.25) is 0 Å². The molecule has 2 aromatic rings. The highest BCUT2D eigenvalue weighted by Crippen LogP contribution is 2.21. The Hall–Kier alpha value is -2.04. The molecule has 1 amide bonds. The van der Waals surface area contributed by atoms with Crippen molar-refractivity contribution in [3.05, 3.63) is 64.7 Å². The van der Waals surface area contributed by atoms with Gasteiger partial charge in [0.25, 0.3) is 5.91 Å². The van der Waals surface area contributed by atoms with Gasteiger partial charge in [-0.3, -0.25) is 4.79 Å². The van der Waals surface area contributed by atoms with Gasteiger partial charge in [-0.15, -0.1) is 0 Å². The second kappa shape index (κ2) is 7.82. The van der Waals surface area contributed by atoms with Crippen molar-refractivity contribution in [1.29, 1.82) is 0 Å². The van der Waals surface area contributed by atoms with Crippen molar-refractivity contribution in [3.63, 3.8) is 0 Å². The van der Waals surface area contributed by atoms with Crippen LogP contribution < -0.4 is 10.1 Å². The molecule has 2 N–H and O–H groups in total. The average Bonchev–Trinajstić information content (AvgIpc) is 2.52. The van der Waals surface area contributed by atoms with E-state index in [2.05, 4.69) is 5.32 Å². The quantitative estimate of drug-likeness (QED) is 0.860. The van der Waals surface area contributed by atoms with Crippen molar-refractivity contribution in [2.45, 2.75) is 13.0 Å². The molecule has 0 bridgehead atoms. The molecule has 0 aliphatic carbocycles. The Morgan fingerprint density at radius 1 is 1.27 bits per heavy atom. The van der Waals surface area contributed by atoms with Crippen LogP contribution >= 0.6 is 11.6 Å². The molecule has 2 aromatic carbocycles. The first-order valence-electron chi connectivity index (χ1n) is 6.95. The molecule has 0 fully saturated rings. The second-order valence-corrected chi connectivity index (χ2v) is 5.37. The number of carbonyl (C=O) groups is 1. The summed E-state index contributed by atoms with van der Waals surface area (Å²) < 4.78 is 5.44. The van der Waals surface area contributed by atoms with E-state index in [4.69, 9.17) is 16.3 Å². The van der Waals surface area contributed by atoms with E-state index in [1.54, 1.807) is 18.2 Å². The van der Waals surface area contributed by atoms with Gasteiger partial charge in [-0.2, -0.15) is 0 Å². The zero-order chi connectivity index (χ0) is 15.9. The molecule has 0 spiro atoms. The fourth-order valence-corrected chi connectivity index (χ4v) is 2.20. The maximum absolute atomic E-state index is 11.8. The molecule has 4 nitrogen and oxygen atoms in total. The van der Waals surface area contributed by atoms with Gasteiger partial charge in [0, 0.05) is 11.6 Å². The third-order valence-corrected chi connectivity index (χ3v) is 3.41. The molecule has 0 heterocycles.